The number of β-amino-alcohol motifs (C(OH)–C–C–N with tert-alkyl or cyclic N) is 1. The summed E-state index contributed by atoms with van der Waals surface area (Å²) in [5.74, 6) is 1.50. The van der Waals surface area contributed by atoms with E-state index in [0.29, 0.717) is 24.6 Å². The Labute approximate surface area is 121 Å². The van der Waals surface area contributed by atoms with Crippen LogP contribution in [-0.2, 0) is 0 Å². The largest absolute Gasteiger partial charge is 0.491 e. The number of aliphatic hydroxyl groups is 1. The van der Waals surface area contributed by atoms with Gasteiger partial charge in [-0.15, -0.1) is 0 Å². The zero-order valence-electron chi connectivity index (χ0n) is 12.3. The second-order valence-corrected chi connectivity index (χ2v) is 5.71. The van der Waals surface area contributed by atoms with Gasteiger partial charge in [0.1, 0.15) is 18.5 Å². The van der Waals surface area contributed by atoms with Crippen molar-refractivity contribution in [3.05, 3.63) is 24.3 Å². The molecule has 1 aromatic carbocycles. The molecule has 1 heterocycles. The first kappa shape index (κ1) is 15.1. The van der Waals surface area contributed by atoms with Crippen LogP contribution < -0.4 is 10.5 Å². The number of ether oxygens (including phenoxy) is 1. The van der Waals surface area contributed by atoms with Gasteiger partial charge in [-0.05, 0) is 37.4 Å². The minimum Gasteiger partial charge on any atom is -0.491 e. The molecule has 0 amide bonds. The van der Waals surface area contributed by atoms with Gasteiger partial charge in [0.2, 0.25) is 0 Å². The number of anilines is 1. The number of piperidine rings is 1. The fourth-order valence-electron chi connectivity index (χ4n) is 2.80. The van der Waals surface area contributed by atoms with E-state index in [1.165, 1.54) is 19.3 Å². The number of nitrogens with zero attached hydrogens (tertiary/aromatic N) is 1. The number of aliphatic hydroxyl groups excluding tert-OH is 1. The molecule has 4 heteroatoms. The van der Waals surface area contributed by atoms with E-state index >= 15 is 0 Å². The Morgan fingerprint density at radius 2 is 2.35 bits per heavy atom. The van der Waals surface area contributed by atoms with Crippen LogP contribution in [0, 0.1) is 5.92 Å². The summed E-state index contributed by atoms with van der Waals surface area (Å²) in [6.45, 7) is 5.45. The van der Waals surface area contributed by atoms with E-state index in [-0.39, 0.29) is 0 Å². The van der Waals surface area contributed by atoms with Crippen molar-refractivity contribution in [1.29, 1.82) is 0 Å². The van der Waals surface area contributed by atoms with E-state index in [1.807, 2.05) is 18.2 Å². The van der Waals surface area contributed by atoms with Crippen molar-refractivity contribution in [3.63, 3.8) is 0 Å². The van der Waals surface area contributed by atoms with Crippen LogP contribution in [0.5, 0.6) is 5.75 Å². The van der Waals surface area contributed by atoms with Gasteiger partial charge < -0.3 is 20.5 Å². The average molecular weight is 278 g/mol. The molecule has 1 aliphatic heterocycles. The van der Waals surface area contributed by atoms with Crippen LogP contribution in [-0.4, -0.2) is 42.4 Å². The van der Waals surface area contributed by atoms with E-state index in [4.69, 9.17) is 10.5 Å². The maximum atomic E-state index is 10.1. The molecule has 2 atom stereocenters. The zero-order chi connectivity index (χ0) is 14.4. The van der Waals surface area contributed by atoms with Crippen molar-refractivity contribution in [1.82, 2.24) is 4.90 Å². The van der Waals surface area contributed by atoms with Crippen molar-refractivity contribution in [3.8, 4) is 5.75 Å². The summed E-state index contributed by atoms with van der Waals surface area (Å²) in [4.78, 5) is 2.35. The third-order valence-corrected chi connectivity index (χ3v) is 3.95. The van der Waals surface area contributed by atoms with E-state index in [1.54, 1.807) is 6.07 Å². The highest BCUT2D eigenvalue weighted by Crippen LogP contribution is 2.19. The van der Waals surface area contributed by atoms with Crippen LogP contribution in [0.2, 0.25) is 0 Å². The highest BCUT2D eigenvalue weighted by Gasteiger charge is 2.20. The van der Waals surface area contributed by atoms with Gasteiger partial charge in [-0.1, -0.05) is 19.4 Å². The van der Waals surface area contributed by atoms with Gasteiger partial charge in [0.25, 0.3) is 0 Å². The van der Waals surface area contributed by atoms with Crippen molar-refractivity contribution in [2.24, 2.45) is 5.92 Å². The molecule has 0 aromatic heterocycles. The summed E-state index contributed by atoms with van der Waals surface area (Å²) in [5, 5.41) is 10.1. The molecule has 0 spiro atoms. The van der Waals surface area contributed by atoms with Gasteiger partial charge in [0.05, 0.1) is 0 Å². The number of nitrogen functional groups attached to an aromatic ring is 1. The first-order valence-electron chi connectivity index (χ1n) is 7.56. The Hall–Kier alpha value is -1.26. The Morgan fingerprint density at radius 3 is 3.10 bits per heavy atom. The maximum absolute atomic E-state index is 10.1. The van der Waals surface area contributed by atoms with E-state index in [2.05, 4.69) is 11.8 Å². The predicted octanol–water partition coefficient (Wildman–Crippen LogP) is 2.13. The van der Waals surface area contributed by atoms with Crippen LogP contribution >= 0.6 is 0 Å². The fraction of sp³-hybridized carbons (Fsp3) is 0.625. The smallest absolute Gasteiger partial charge is 0.121 e. The second kappa shape index (κ2) is 7.50. The van der Waals surface area contributed by atoms with E-state index in [9.17, 15) is 5.11 Å². The molecule has 4 nitrogen and oxygen atoms in total. The normalized spacial score (nSPS) is 21.6. The molecule has 20 heavy (non-hydrogen) atoms. The summed E-state index contributed by atoms with van der Waals surface area (Å²) in [5.41, 5.74) is 6.37. The molecule has 112 valence electrons. The topological polar surface area (TPSA) is 58.7 Å². The van der Waals surface area contributed by atoms with Crippen LogP contribution in [0.15, 0.2) is 24.3 Å². The third-order valence-electron chi connectivity index (χ3n) is 3.95. The van der Waals surface area contributed by atoms with Crippen LogP contribution in [0.1, 0.15) is 26.2 Å². The van der Waals surface area contributed by atoms with Gasteiger partial charge in [-0.2, -0.15) is 0 Å². The lowest BCUT2D eigenvalue weighted by Crippen LogP contribution is -2.41. The summed E-state index contributed by atoms with van der Waals surface area (Å²) in [6, 6.07) is 7.31. The van der Waals surface area contributed by atoms with Crippen molar-refractivity contribution in [2.75, 3.05) is 32.0 Å². The molecule has 1 aromatic rings. The van der Waals surface area contributed by atoms with Gasteiger partial charge >= 0.3 is 0 Å². The third kappa shape index (κ3) is 4.69. The van der Waals surface area contributed by atoms with Crippen LogP contribution in [0.3, 0.4) is 0 Å². The molecule has 1 fully saturated rings. The summed E-state index contributed by atoms with van der Waals surface area (Å²) in [7, 11) is 0. The fourth-order valence-corrected chi connectivity index (χ4v) is 2.80. The molecular weight excluding hydrogens is 252 g/mol. The lowest BCUT2D eigenvalue weighted by molar-refractivity contribution is 0.0515. The SMILES string of the molecule is CCC1CCCN(CC(O)COc2cccc(N)c2)C1. The first-order valence-corrected chi connectivity index (χ1v) is 7.56. The number of likely N-dealkylation sites (tertiary alicyclic amines) is 1. The zero-order valence-corrected chi connectivity index (χ0v) is 12.3. The lowest BCUT2D eigenvalue weighted by atomic mass is 9.95. The quantitative estimate of drug-likeness (QED) is 0.783. The summed E-state index contributed by atoms with van der Waals surface area (Å²) < 4.78 is 5.59. The number of benzene rings is 1. The Morgan fingerprint density at radius 1 is 1.50 bits per heavy atom. The molecule has 0 aliphatic carbocycles. The maximum Gasteiger partial charge on any atom is 0.121 e. The lowest BCUT2D eigenvalue weighted by Gasteiger charge is -2.33. The van der Waals surface area contributed by atoms with Crippen molar-refractivity contribution < 1.29 is 9.84 Å². The molecule has 0 bridgehead atoms. The molecular formula is C16H26N2O2. The summed E-state index contributed by atoms with van der Waals surface area (Å²) >= 11 is 0. The molecule has 1 saturated heterocycles. The number of hydrogen-bond acceptors (Lipinski definition) is 4. The highest BCUT2D eigenvalue weighted by molar-refractivity contribution is 5.43. The second-order valence-electron chi connectivity index (χ2n) is 5.71. The standard InChI is InChI=1S/C16H26N2O2/c1-2-13-5-4-8-18(10-13)11-15(19)12-20-16-7-3-6-14(17)9-16/h3,6-7,9,13,15,19H,2,4-5,8,10-12,17H2,1H3. The average Bonchev–Trinajstić information content (AvgIpc) is 2.45. The highest BCUT2D eigenvalue weighted by atomic mass is 16.5. The number of nitrogens with two attached hydrogens (primary N) is 1. The van der Waals surface area contributed by atoms with Crippen LogP contribution in [0.25, 0.3) is 0 Å². The van der Waals surface area contributed by atoms with Crippen LogP contribution in [0.4, 0.5) is 5.69 Å². The molecule has 3 N–H and O–H groups in total. The molecule has 0 radical (unpaired) electrons. The Balaban J connectivity index is 1.73. The van der Waals surface area contributed by atoms with Crippen molar-refractivity contribution in [2.45, 2.75) is 32.3 Å². The Bertz CT molecular complexity index is 411. The minimum atomic E-state index is -0.452. The predicted molar refractivity (Wildman–Crippen MR) is 81.8 cm³/mol. The molecule has 0 saturated carbocycles. The molecule has 2 unspecified atom stereocenters. The Kier molecular flexibility index (Phi) is 5.68. The van der Waals surface area contributed by atoms with E-state index in [0.717, 1.165) is 19.0 Å². The number of hydrogen-bond donors (Lipinski definition) is 2. The van der Waals surface area contributed by atoms with E-state index < -0.39 is 6.10 Å². The number of rotatable bonds is 6. The first-order chi connectivity index (χ1) is 9.67. The monoisotopic (exact) mass is 278 g/mol. The molecule has 2 rings (SSSR count). The minimum absolute atomic E-state index is 0.316. The van der Waals surface area contributed by atoms with Gasteiger partial charge in [-0.3, -0.25) is 0 Å². The molecule has 1 aliphatic rings. The van der Waals surface area contributed by atoms with Gasteiger partial charge in [0.15, 0.2) is 0 Å². The van der Waals surface area contributed by atoms with Gasteiger partial charge in [-0.25, -0.2) is 0 Å². The van der Waals surface area contributed by atoms with Gasteiger partial charge in [0, 0.05) is 24.8 Å². The summed E-state index contributed by atoms with van der Waals surface area (Å²) in [6.07, 6.45) is 3.34. The van der Waals surface area contributed by atoms with Crippen molar-refractivity contribution >= 4 is 5.69 Å².